The molecule has 0 spiro atoms. The Morgan fingerprint density at radius 3 is 2.38 bits per heavy atom. The second-order valence-electron chi connectivity index (χ2n) is 2.60. The van der Waals surface area contributed by atoms with E-state index in [2.05, 4.69) is 13.8 Å². The van der Waals surface area contributed by atoms with Crippen LogP contribution in [0.2, 0.25) is 0 Å². The Morgan fingerprint density at radius 1 is 1.75 bits per heavy atom. The van der Waals surface area contributed by atoms with Gasteiger partial charge < -0.3 is 0 Å². The predicted molar refractivity (Wildman–Crippen MR) is 37.0 cm³/mol. The Balaban J connectivity index is 2.42. The second-order valence-corrected chi connectivity index (χ2v) is 3.32. The van der Waals surface area contributed by atoms with E-state index in [1.807, 2.05) is 0 Å². The zero-order valence-electron chi connectivity index (χ0n) is 5.50. The molecule has 0 aromatic heterocycles. The highest BCUT2D eigenvalue weighted by Gasteiger charge is 2.40. The Kier molecular flexibility index (Phi) is 1.53. The molecule has 1 heteroatoms. The summed E-state index contributed by atoms with van der Waals surface area (Å²) in [7, 11) is 0. The molecule has 1 atom stereocenters. The van der Waals surface area contributed by atoms with Gasteiger partial charge in [-0.15, -0.1) is 11.6 Å². The molecule has 47 valence electrons. The van der Waals surface area contributed by atoms with Crippen molar-refractivity contribution in [3.63, 3.8) is 0 Å². The lowest BCUT2D eigenvalue weighted by molar-refractivity contribution is 0.391. The lowest BCUT2D eigenvalue weighted by Crippen LogP contribution is -2.37. The number of alkyl halides is 1. The smallest absolute Gasteiger partial charge is 0.0503 e. The van der Waals surface area contributed by atoms with Gasteiger partial charge in [-0.25, -0.2) is 0 Å². The number of halogens is 1. The van der Waals surface area contributed by atoms with Gasteiger partial charge in [-0.05, 0) is 25.2 Å². The van der Waals surface area contributed by atoms with Crippen LogP contribution in [0.1, 0.15) is 33.1 Å². The summed E-state index contributed by atoms with van der Waals surface area (Å²) in [6, 6.07) is 0. The topological polar surface area (TPSA) is 0 Å². The Morgan fingerprint density at radius 2 is 2.38 bits per heavy atom. The van der Waals surface area contributed by atoms with Gasteiger partial charge in [-0.1, -0.05) is 13.8 Å². The third-order valence-electron chi connectivity index (χ3n) is 2.22. The van der Waals surface area contributed by atoms with Crippen LogP contribution in [0, 0.1) is 5.92 Å². The molecular weight excluding hydrogens is 120 g/mol. The lowest BCUT2D eigenvalue weighted by atomic mass is 9.73. The van der Waals surface area contributed by atoms with Crippen LogP contribution in [0.3, 0.4) is 0 Å². The van der Waals surface area contributed by atoms with Gasteiger partial charge in [-0.2, -0.15) is 0 Å². The molecule has 0 aromatic carbocycles. The van der Waals surface area contributed by atoms with Crippen molar-refractivity contribution in [1.82, 2.24) is 0 Å². The van der Waals surface area contributed by atoms with Crippen LogP contribution in [-0.2, 0) is 0 Å². The minimum atomic E-state index is 0.111. The van der Waals surface area contributed by atoms with E-state index in [1.165, 1.54) is 18.8 Å². The molecule has 0 aromatic rings. The lowest BCUT2D eigenvalue weighted by Gasteiger charge is -2.41. The van der Waals surface area contributed by atoms with Gasteiger partial charge in [0, 0.05) is 0 Å². The first kappa shape index (κ1) is 6.41. The second kappa shape index (κ2) is 1.91. The fourth-order valence-corrected chi connectivity index (χ4v) is 1.31. The molecule has 1 saturated carbocycles. The molecule has 1 fully saturated rings. The zero-order chi connectivity index (χ0) is 6.20. The molecule has 0 aliphatic heterocycles. The van der Waals surface area contributed by atoms with Gasteiger partial charge in [0.25, 0.3) is 0 Å². The van der Waals surface area contributed by atoms with Gasteiger partial charge in [0.05, 0.1) is 4.87 Å². The Bertz CT molecular complexity index is 86.4. The highest BCUT2D eigenvalue weighted by molar-refractivity contribution is 6.26. The zero-order valence-corrected chi connectivity index (χ0v) is 6.26. The van der Waals surface area contributed by atoms with E-state index in [4.69, 9.17) is 11.6 Å². The average Bonchev–Trinajstić information content (AvgIpc) is 1.83. The summed E-state index contributed by atoms with van der Waals surface area (Å²) >= 11 is 6.11. The molecule has 0 N–H and O–H groups in total. The minimum absolute atomic E-state index is 0.111. The summed E-state index contributed by atoms with van der Waals surface area (Å²) in [4.78, 5) is 0.111. The maximum Gasteiger partial charge on any atom is 0.0503 e. The van der Waals surface area contributed by atoms with E-state index in [0.29, 0.717) is 0 Å². The van der Waals surface area contributed by atoms with Gasteiger partial charge in [0.2, 0.25) is 0 Å². The minimum Gasteiger partial charge on any atom is -0.119 e. The Hall–Kier alpha value is 0.290. The number of hydrogen-bond acceptors (Lipinski definition) is 0. The largest absolute Gasteiger partial charge is 0.119 e. The van der Waals surface area contributed by atoms with Crippen molar-refractivity contribution in [2.24, 2.45) is 0 Å². The molecular formula is C7H12Cl. The fraction of sp³-hybridized carbons (Fsp3) is 0.857. The molecule has 1 unspecified atom stereocenters. The van der Waals surface area contributed by atoms with E-state index >= 15 is 0 Å². The quantitative estimate of drug-likeness (QED) is 0.480. The molecule has 8 heavy (non-hydrogen) atoms. The third kappa shape index (κ3) is 0.753. The highest BCUT2D eigenvalue weighted by atomic mass is 35.5. The van der Waals surface area contributed by atoms with E-state index in [0.717, 1.165) is 6.42 Å². The van der Waals surface area contributed by atoms with Crippen molar-refractivity contribution < 1.29 is 0 Å². The number of hydrogen-bond donors (Lipinski definition) is 0. The first-order valence-corrected chi connectivity index (χ1v) is 3.58. The third-order valence-corrected chi connectivity index (χ3v) is 3.00. The first-order chi connectivity index (χ1) is 3.69. The fourth-order valence-electron chi connectivity index (χ4n) is 1.12. The molecule has 0 bridgehead atoms. The van der Waals surface area contributed by atoms with E-state index < -0.39 is 0 Å². The van der Waals surface area contributed by atoms with Crippen LogP contribution in [0.5, 0.6) is 0 Å². The van der Waals surface area contributed by atoms with E-state index in [1.54, 1.807) is 0 Å². The van der Waals surface area contributed by atoms with Crippen molar-refractivity contribution >= 4 is 11.6 Å². The van der Waals surface area contributed by atoms with Crippen molar-refractivity contribution in [1.29, 1.82) is 0 Å². The predicted octanol–water partition coefficient (Wildman–Crippen LogP) is 2.76. The van der Waals surface area contributed by atoms with Crippen LogP contribution in [0.4, 0.5) is 0 Å². The molecule has 0 saturated heterocycles. The van der Waals surface area contributed by atoms with Crippen LogP contribution in [0.15, 0.2) is 0 Å². The van der Waals surface area contributed by atoms with Crippen LogP contribution in [0.25, 0.3) is 0 Å². The summed E-state index contributed by atoms with van der Waals surface area (Å²) in [5.74, 6) is 1.47. The summed E-state index contributed by atoms with van der Waals surface area (Å²) < 4.78 is 0. The average molecular weight is 132 g/mol. The van der Waals surface area contributed by atoms with Gasteiger partial charge in [0.1, 0.15) is 0 Å². The van der Waals surface area contributed by atoms with Crippen molar-refractivity contribution in [2.45, 2.75) is 38.0 Å². The SMILES string of the molecule is CCC1(Cl)CC[C]1C. The molecule has 0 nitrogen and oxygen atoms in total. The number of rotatable bonds is 1. The molecule has 1 radical (unpaired) electrons. The van der Waals surface area contributed by atoms with Crippen LogP contribution < -0.4 is 0 Å². The first-order valence-electron chi connectivity index (χ1n) is 3.21. The Labute approximate surface area is 56.2 Å². The van der Waals surface area contributed by atoms with Gasteiger partial charge in [0.15, 0.2) is 0 Å². The van der Waals surface area contributed by atoms with Crippen molar-refractivity contribution in [3.05, 3.63) is 5.92 Å². The molecule has 0 heterocycles. The maximum absolute atomic E-state index is 6.11. The monoisotopic (exact) mass is 131 g/mol. The van der Waals surface area contributed by atoms with Crippen molar-refractivity contribution in [2.75, 3.05) is 0 Å². The summed E-state index contributed by atoms with van der Waals surface area (Å²) in [6.45, 7) is 4.30. The van der Waals surface area contributed by atoms with Crippen molar-refractivity contribution in [3.8, 4) is 0 Å². The molecule has 1 aliphatic rings. The van der Waals surface area contributed by atoms with Crippen LogP contribution in [-0.4, -0.2) is 4.87 Å². The maximum atomic E-state index is 6.11. The highest BCUT2D eigenvalue weighted by Crippen LogP contribution is 2.47. The van der Waals surface area contributed by atoms with Gasteiger partial charge >= 0.3 is 0 Å². The molecule has 0 amide bonds. The van der Waals surface area contributed by atoms with E-state index in [9.17, 15) is 0 Å². The van der Waals surface area contributed by atoms with E-state index in [-0.39, 0.29) is 4.87 Å². The van der Waals surface area contributed by atoms with Crippen LogP contribution >= 0.6 is 11.6 Å². The molecule has 1 rings (SSSR count). The normalized spacial score (nSPS) is 39.4. The molecule has 1 aliphatic carbocycles. The van der Waals surface area contributed by atoms with Gasteiger partial charge in [-0.3, -0.25) is 0 Å². The standard InChI is InChI=1S/C7H12Cl/c1-3-7(8)5-4-6(7)2/h3-5H2,1-2H3. The summed E-state index contributed by atoms with van der Waals surface area (Å²) in [5, 5.41) is 0. The summed E-state index contributed by atoms with van der Waals surface area (Å²) in [5.41, 5.74) is 0. The summed E-state index contributed by atoms with van der Waals surface area (Å²) in [6.07, 6.45) is 3.54.